The van der Waals surface area contributed by atoms with E-state index in [0.717, 1.165) is 19.3 Å². The van der Waals surface area contributed by atoms with Crippen molar-refractivity contribution in [3.63, 3.8) is 0 Å². The van der Waals surface area contributed by atoms with Crippen LogP contribution in [0.15, 0.2) is 104 Å². The summed E-state index contributed by atoms with van der Waals surface area (Å²) in [6.45, 7) is 23.7. The fourth-order valence-corrected chi connectivity index (χ4v) is 5.81. The fraction of sp³-hybridized carbons (Fsp3) is 0.366. The molecule has 0 amide bonds. The van der Waals surface area contributed by atoms with Gasteiger partial charge >= 0.3 is 0 Å². The van der Waals surface area contributed by atoms with Gasteiger partial charge in [0.15, 0.2) is 0 Å². The molecule has 0 N–H and O–H groups in total. The molecule has 0 saturated carbocycles. The van der Waals surface area contributed by atoms with Crippen LogP contribution in [0, 0.1) is 32.1 Å². The lowest BCUT2D eigenvalue weighted by Gasteiger charge is -2.38. The van der Waals surface area contributed by atoms with E-state index in [4.69, 9.17) is 0 Å². The zero-order chi connectivity index (χ0) is 30.2. The molecule has 216 valence electrons. The highest BCUT2D eigenvalue weighted by Crippen LogP contribution is 2.44. The number of benzene rings is 4. The first-order chi connectivity index (χ1) is 19.5. The van der Waals surface area contributed by atoms with Crippen molar-refractivity contribution in [1.29, 1.82) is 0 Å². The SMILES string of the molecule is C=CC.CCc1cc(C(Cc2ccccc2)(c2ccc(C)cc2)c2cc(C)cc(CC(C)(C)C(C)C)c2)ccc1C. The Hall–Kier alpha value is -3.38. The molecule has 4 rings (SSSR count). The van der Waals surface area contributed by atoms with E-state index >= 15 is 0 Å². The maximum Gasteiger partial charge on any atom is 0.0491 e. The molecule has 4 aromatic carbocycles. The van der Waals surface area contributed by atoms with Crippen molar-refractivity contribution in [2.45, 2.75) is 87.0 Å². The lowest BCUT2D eigenvalue weighted by atomic mass is 9.64. The molecule has 0 saturated heterocycles. The summed E-state index contributed by atoms with van der Waals surface area (Å²) in [6.07, 6.45) is 4.78. The molecule has 0 radical (unpaired) electrons. The van der Waals surface area contributed by atoms with Gasteiger partial charge in [-0.15, -0.1) is 6.58 Å². The van der Waals surface area contributed by atoms with Crippen LogP contribution >= 0.6 is 0 Å². The fourth-order valence-electron chi connectivity index (χ4n) is 5.81. The van der Waals surface area contributed by atoms with Gasteiger partial charge in [0.05, 0.1) is 0 Å². The first-order valence-electron chi connectivity index (χ1n) is 15.4. The second-order valence-corrected chi connectivity index (χ2v) is 12.9. The van der Waals surface area contributed by atoms with E-state index in [-0.39, 0.29) is 10.8 Å². The Morgan fingerprint density at radius 1 is 0.683 bits per heavy atom. The second kappa shape index (κ2) is 14.0. The Morgan fingerprint density at radius 2 is 1.29 bits per heavy atom. The van der Waals surface area contributed by atoms with Crippen molar-refractivity contribution in [3.05, 3.63) is 154 Å². The van der Waals surface area contributed by atoms with Crippen molar-refractivity contribution in [2.75, 3.05) is 0 Å². The first-order valence-corrected chi connectivity index (χ1v) is 15.4. The van der Waals surface area contributed by atoms with Crippen LogP contribution in [-0.4, -0.2) is 0 Å². The lowest BCUT2D eigenvalue weighted by Crippen LogP contribution is -2.33. The minimum atomic E-state index is -0.296. The molecule has 0 heteroatoms. The summed E-state index contributed by atoms with van der Waals surface area (Å²) >= 11 is 0. The van der Waals surface area contributed by atoms with E-state index in [1.165, 1.54) is 50.1 Å². The van der Waals surface area contributed by atoms with E-state index < -0.39 is 0 Å². The quantitative estimate of drug-likeness (QED) is 0.145. The van der Waals surface area contributed by atoms with Gasteiger partial charge in [-0.05, 0) is 97.2 Å². The van der Waals surface area contributed by atoms with Crippen molar-refractivity contribution in [2.24, 2.45) is 11.3 Å². The summed E-state index contributed by atoms with van der Waals surface area (Å²) in [5.41, 5.74) is 12.3. The number of rotatable bonds is 9. The van der Waals surface area contributed by atoms with Gasteiger partial charge < -0.3 is 0 Å². The molecule has 1 atom stereocenters. The molecule has 0 nitrogen and oxygen atoms in total. The summed E-state index contributed by atoms with van der Waals surface area (Å²) in [7, 11) is 0. The minimum Gasteiger partial charge on any atom is -0.103 e. The molecule has 0 aliphatic carbocycles. The summed E-state index contributed by atoms with van der Waals surface area (Å²) < 4.78 is 0. The molecule has 0 aliphatic rings. The van der Waals surface area contributed by atoms with Gasteiger partial charge in [0.1, 0.15) is 0 Å². The molecular formula is C41H52. The normalized spacial score (nSPS) is 12.8. The van der Waals surface area contributed by atoms with Crippen LogP contribution in [0.1, 0.15) is 91.6 Å². The molecule has 4 aromatic rings. The van der Waals surface area contributed by atoms with Gasteiger partial charge in [0.25, 0.3) is 0 Å². The Labute approximate surface area is 251 Å². The molecule has 41 heavy (non-hydrogen) atoms. The van der Waals surface area contributed by atoms with Gasteiger partial charge in [0.2, 0.25) is 0 Å². The van der Waals surface area contributed by atoms with Crippen LogP contribution in [0.2, 0.25) is 0 Å². The second-order valence-electron chi connectivity index (χ2n) is 12.9. The third-order valence-corrected chi connectivity index (χ3v) is 8.93. The molecule has 0 fully saturated rings. The average Bonchev–Trinajstić information content (AvgIpc) is 2.93. The van der Waals surface area contributed by atoms with Gasteiger partial charge in [-0.2, -0.15) is 0 Å². The topological polar surface area (TPSA) is 0 Å². The smallest absolute Gasteiger partial charge is 0.0491 e. The van der Waals surface area contributed by atoms with Crippen LogP contribution in [0.3, 0.4) is 0 Å². The summed E-state index contributed by atoms with van der Waals surface area (Å²) in [5.74, 6) is 0.613. The molecule has 0 aliphatic heterocycles. The van der Waals surface area contributed by atoms with Gasteiger partial charge in [0, 0.05) is 5.41 Å². The number of hydrogen-bond donors (Lipinski definition) is 0. The molecule has 0 aromatic heterocycles. The van der Waals surface area contributed by atoms with Crippen molar-refractivity contribution < 1.29 is 0 Å². The molecule has 0 spiro atoms. The van der Waals surface area contributed by atoms with E-state index in [9.17, 15) is 0 Å². The largest absolute Gasteiger partial charge is 0.103 e. The van der Waals surface area contributed by atoms with Crippen LogP contribution in [0.4, 0.5) is 0 Å². The lowest BCUT2D eigenvalue weighted by molar-refractivity contribution is 0.248. The third-order valence-electron chi connectivity index (χ3n) is 8.93. The van der Waals surface area contributed by atoms with E-state index in [1.54, 1.807) is 6.08 Å². The number of hydrogen-bond acceptors (Lipinski definition) is 0. The molecule has 1 unspecified atom stereocenters. The van der Waals surface area contributed by atoms with E-state index in [1.807, 2.05) is 6.92 Å². The monoisotopic (exact) mass is 544 g/mol. The predicted octanol–water partition coefficient (Wildman–Crippen LogP) is 11.2. The molecule has 0 bridgehead atoms. The zero-order valence-electron chi connectivity index (χ0n) is 27.1. The van der Waals surface area contributed by atoms with Crippen LogP contribution in [0.5, 0.6) is 0 Å². The highest BCUT2D eigenvalue weighted by atomic mass is 14.4. The van der Waals surface area contributed by atoms with E-state index in [0.29, 0.717) is 5.92 Å². The Balaban J connectivity index is 0.00000147. The summed E-state index contributed by atoms with van der Waals surface area (Å²) in [5, 5.41) is 0. The maximum absolute atomic E-state index is 3.36. The predicted molar refractivity (Wildman–Crippen MR) is 181 cm³/mol. The molecule has 0 heterocycles. The number of aryl methyl sites for hydroxylation is 4. The van der Waals surface area contributed by atoms with Gasteiger partial charge in [-0.3, -0.25) is 0 Å². The highest BCUT2D eigenvalue weighted by molar-refractivity contribution is 5.55. The average molecular weight is 545 g/mol. The standard InChI is InChI=1S/C38H46.C3H6/c1-9-33-24-35(20-17-30(33)6)38(26-31-13-11-10-12-14-31,34-18-15-28(4)16-19-34)36-22-29(5)21-32(23-36)25-37(7,8)27(2)3;1-3-2/h10-24,27H,9,25-26H2,1-8H3;3H,1H2,2H3. The third kappa shape index (κ3) is 7.68. The van der Waals surface area contributed by atoms with Crippen molar-refractivity contribution in [1.82, 2.24) is 0 Å². The van der Waals surface area contributed by atoms with Crippen LogP contribution in [-0.2, 0) is 24.7 Å². The zero-order valence-corrected chi connectivity index (χ0v) is 27.1. The molecular weight excluding hydrogens is 492 g/mol. The Kier molecular flexibility index (Phi) is 11.0. The van der Waals surface area contributed by atoms with Crippen LogP contribution in [0.25, 0.3) is 0 Å². The van der Waals surface area contributed by atoms with E-state index in [2.05, 4.69) is 153 Å². The Bertz CT molecular complexity index is 1400. The minimum absolute atomic E-state index is 0.232. The highest BCUT2D eigenvalue weighted by Gasteiger charge is 2.38. The first kappa shape index (κ1) is 32.1. The van der Waals surface area contributed by atoms with Crippen molar-refractivity contribution in [3.8, 4) is 0 Å². The van der Waals surface area contributed by atoms with Gasteiger partial charge in [-0.25, -0.2) is 0 Å². The van der Waals surface area contributed by atoms with Gasteiger partial charge in [-0.1, -0.05) is 143 Å². The Morgan fingerprint density at radius 3 is 1.88 bits per heavy atom. The maximum atomic E-state index is 3.36. The van der Waals surface area contributed by atoms with Crippen LogP contribution < -0.4 is 0 Å². The summed E-state index contributed by atoms with van der Waals surface area (Å²) in [4.78, 5) is 0. The summed E-state index contributed by atoms with van der Waals surface area (Å²) in [6, 6.07) is 34.9. The number of allylic oxidation sites excluding steroid dienone is 1. The van der Waals surface area contributed by atoms with Crippen molar-refractivity contribution >= 4 is 0 Å².